The molecule has 0 unspecified atom stereocenters. The molecule has 0 aromatic carbocycles. The highest BCUT2D eigenvalue weighted by atomic mass is 32.1. The lowest BCUT2D eigenvalue weighted by Gasteiger charge is -1.99. The highest BCUT2D eigenvalue weighted by Gasteiger charge is 1.96. The fraction of sp³-hybridized carbons (Fsp3) is 0.750. The predicted octanol–water partition coefficient (Wildman–Crippen LogP) is 2.45. The van der Waals surface area contributed by atoms with Gasteiger partial charge < -0.3 is 5.32 Å². The van der Waals surface area contributed by atoms with Crippen LogP contribution in [0.1, 0.15) is 32.0 Å². The van der Waals surface area contributed by atoms with E-state index in [0.717, 1.165) is 17.5 Å². The molecule has 0 aliphatic rings. The van der Waals surface area contributed by atoms with Gasteiger partial charge in [-0.2, -0.15) is 4.37 Å². The minimum absolute atomic E-state index is 0.859. The molecule has 1 aromatic heterocycles. The van der Waals surface area contributed by atoms with E-state index in [1.165, 1.54) is 30.8 Å². The molecule has 0 aliphatic carbocycles. The lowest BCUT2D eigenvalue weighted by atomic mass is 10.2. The van der Waals surface area contributed by atoms with Gasteiger partial charge in [0, 0.05) is 18.1 Å². The van der Waals surface area contributed by atoms with Crippen molar-refractivity contribution in [1.29, 1.82) is 0 Å². The number of aromatic nitrogens is 2. The molecular weight excluding hydrogens is 170 g/mol. The zero-order valence-electron chi connectivity index (χ0n) is 7.63. The second-order valence-corrected chi connectivity index (χ2v) is 3.53. The van der Waals surface area contributed by atoms with E-state index < -0.39 is 0 Å². The van der Waals surface area contributed by atoms with Crippen molar-refractivity contribution in [3.63, 3.8) is 0 Å². The largest absolute Gasteiger partial charge is 0.360 e. The minimum Gasteiger partial charge on any atom is -0.360 e. The normalized spacial score (nSPS) is 10.2. The first-order chi connectivity index (χ1) is 5.83. The Hall–Kier alpha value is -0.640. The number of anilines is 1. The molecule has 1 rings (SSSR count). The van der Waals surface area contributed by atoms with Gasteiger partial charge >= 0.3 is 0 Å². The second kappa shape index (κ2) is 5.09. The van der Waals surface area contributed by atoms with Crippen LogP contribution in [-0.4, -0.2) is 15.9 Å². The summed E-state index contributed by atoms with van der Waals surface area (Å²) in [4.78, 5) is 4.20. The molecular formula is C8H15N3S. The van der Waals surface area contributed by atoms with Crippen LogP contribution in [0.25, 0.3) is 0 Å². The summed E-state index contributed by atoms with van der Waals surface area (Å²) < 4.78 is 4.08. The summed E-state index contributed by atoms with van der Waals surface area (Å²) in [6, 6.07) is 0. The third-order valence-electron chi connectivity index (χ3n) is 1.58. The van der Waals surface area contributed by atoms with E-state index in [0.29, 0.717) is 0 Å². The molecule has 0 fully saturated rings. The third kappa shape index (κ3) is 3.17. The van der Waals surface area contributed by atoms with E-state index in [9.17, 15) is 0 Å². The Kier molecular flexibility index (Phi) is 4.00. The first kappa shape index (κ1) is 9.45. The van der Waals surface area contributed by atoms with E-state index in [2.05, 4.69) is 21.6 Å². The van der Waals surface area contributed by atoms with Crippen molar-refractivity contribution in [1.82, 2.24) is 9.36 Å². The number of hydrogen-bond acceptors (Lipinski definition) is 4. The van der Waals surface area contributed by atoms with E-state index >= 15 is 0 Å². The predicted molar refractivity (Wildman–Crippen MR) is 52.7 cm³/mol. The van der Waals surface area contributed by atoms with Gasteiger partial charge in [0.2, 0.25) is 5.13 Å². The van der Waals surface area contributed by atoms with Gasteiger partial charge in [0.05, 0.1) is 0 Å². The SMILES string of the molecule is CCCCCNc1nc(C)ns1. The number of unbranched alkanes of at least 4 members (excludes halogenated alkanes) is 2. The van der Waals surface area contributed by atoms with Crippen molar-refractivity contribution in [2.75, 3.05) is 11.9 Å². The third-order valence-corrected chi connectivity index (χ3v) is 2.35. The molecule has 12 heavy (non-hydrogen) atoms. The number of hydrogen-bond donors (Lipinski definition) is 1. The molecule has 1 N–H and O–H groups in total. The summed E-state index contributed by atoms with van der Waals surface area (Å²) in [5, 5.41) is 4.19. The van der Waals surface area contributed by atoms with Gasteiger partial charge in [-0.05, 0) is 13.3 Å². The lowest BCUT2D eigenvalue weighted by molar-refractivity contribution is 0.743. The van der Waals surface area contributed by atoms with Crippen molar-refractivity contribution < 1.29 is 0 Å². The van der Waals surface area contributed by atoms with Crippen LogP contribution in [0.3, 0.4) is 0 Å². The topological polar surface area (TPSA) is 37.8 Å². The zero-order chi connectivity index (χ0) is 8.81. The molecule has 0 atom stereocenters. The summed E-state index contributed by atoms with van der Waals surface area (Å²) >= 11 is 1.44. The van der Waals surface area contributed by atoms with Crippen LogP contribution < -0.4 is 5.32 Å². The van der Waals surface area contributed by atoms with Gasteiger partial charge in [-0.1, -0.05) is 19.8 Å². The van der Waals surface area contributed by atoms with Crippen LogP contribution in [0.4, 0.5) is 5.13 Å². The lowest BCUT2D eigenvalue weighted by Crippen LogP contribution is -2.00. The molecule has 0 saturated carbocycles. The van der Waals surface area contributed by atoms with Crippen LogP contribution in [0, 0.1) is 6.92 Å². The molecule has 68 valence electrons. The van der Waals surface area contributed by atoms with Gasteiger partial charge in [0.25, 0.3) is 0 Å². The Balaban J connectivity index is 2.15. The second-order valence-electron chi connectivity index (χ2n) is 2.78. The minimum atomic E-state index is 0.859. The van der Waals surface area contributed by atoms with Gasteiger partial charge in [-0.3, -0.25) is 0 Å². The van der Waals surface area contributed by atoms with Crippen LogP contribution in [0.5, 0.6) is 0 Å². The molecule has 0 saturated heterocycles. The number of nitrogens with one attached hydrogen (secondary N) is 1. The van der Waals surface area contributed by atoms with Crippen molar-refractivity contribution in [3.8, 4) is 0 Å². The average Bonchev–Trinajstić information content (AvgIpc) is 2.45. The highest BCUT2D eigenvalue weighted by molar-refractivity contribution is 7.09. The Bertz CT molecular complexity index is 222. The van der Waals surface area contributed by atoms with E-state index in [4.69, 9.17) is 0 Å². The standard InChI is InChI=1S/C8H15N3S/c1-3-4-5-6-9-8-10-7(2)11-12-8/h3-6H2,1-2H3,(H,9,10,11). The molecule has 4 heteroatoms. The smallest absolute Gasteiger partial charge is 0.202 e. The van der Waals surface area contributed by atoms with Crippen molar-refractivity contribution >= 4 is 16.7 Å². The molecule has 0 bridgehead atoms. The number of nitrogens with zero attached hydrogens (tertiary/aromatic N) is 2. The highest BCUT2D eigenvalue weighted by Crippen LogP contribution is 2.09. The summed E-state index contributed by atoms with van der Waals surface area (Å²) in [6.45, 7) is 5.13. The molecule has 0 radical (unpaired) electrons. The summed E-state index contributed by atoms with van der Waals surface area (Å²) in [6.07, 6.45) is 3.76. The molecule has 3 nitrogen and oxygen atoms in total. The maximum absolute atomic E-state index is 4.20. The first-order valence-corrected chi connectivity index (χ1v) is 5.14. The van der Waals surface area contributed by atoms with Gasteiger partial charge in [0.1, 0.15) is 5.82 Å². The first-order valence-electron chi connectivity index (χ1n) is 4.37. The molecule has 0 spiro atoms. The van der Waals surface area contributed by atoms with Crippen molar-refractivity contribution in [2.45, 2.75) is 33.1 Å². The molecule has 1 heterocycles. The number of aryl methyl sites for hydroxylation is 1. The van der Waals surface area contributed by atoms with Gasteiger partial charge in [0.15, 0.2) is 0 Å². The monoisotopic (exact) mass is 185 g/mol. The quantitative estimate of drug-likeness (QED) is 0.716. The molecule has 0 amide bonds. The zero-order valence-corrected chi connectivity index (χ0v) is 8.45. The number of rotatable bonds is 5. The van der Waals surface area contributed by atoms with Crippen molar-refractivity contribution in [2.24, 2.45) is 0 Å². The summed E-state index contributed by atoms with van der Waals surface area (Å²) in [5.74, 6) is 0.859. The Morgan fingerprint density at radius 3 is 2.83 bits per heavy atom. The summed E-state index contributed by atoms with van der Waals surface area (Å²) in [5.41, 5.74) is 0. The maximum Gasteiger partial charge on any atom is 0.202 e. The van der Waals surface area contributed by atoms with Crippen LogP contribution >= 0.6 is 11.5 Å². The fourth-order valence-electron chi connectivity index (χ4n) is 0.939. The van der Waals surface area contributed by atoms with E-state index in [-0.39, 0.29) is 0 Å². The molecule has 0 aliphatic heterocycles. The van der Waals surface area contributed by atoms with Gasteiger partial charge in [-0.25, -0.2) is 4.98 Å². The van der Waals surface area contributed by atoms with Crippen LogP contribution in [0.15, 0.2) is 0 Å². The van der Waals surface area contributed by atoms with Gasteiger partial charge in [-0.15, -0.1) is 0 Å². The summed E-state index contributed by atoms with van der Waals surface area (Å²) in [7, 11) is 0. The maximum atomic E-state index is 4.20. The van der Waals surface area contributed by atoms with Crippen LogP contribution in [-0.2, 0) is 0 Å². The van der Waals surface area contributed by atoms with Crippen molar-refractivity contribution in [3.05, 3.63) is 5.82 Å². The fourth-order valence-corrected chi connectivity index (χ4v) is 1.54. The average molecular weight is 185 g/mol. The van der Waals surface area contributed by atoms with E-state index in [1.807, 2.05) is 6.92 Å². The Morgan fingerprint density at radius 1 is 1.42 bits per heavy atom. The van der Waals surface area contributed by atoms with E-state index in [1.54, 1.807) is 0 Å². The van der Waals surface area contributed by atoms with Crippen LogP contribution in [0.2, 0.25) is 0 Å². The molecule has 1 aromatic rings. The Labute approximate surface area is 77.4 Å². The Morgan fingerprint density at radius 2 is 2.25 bits per heavy atom.